The molecule has 0 aliphatic heterocycles. The van der Waals surface area contributed by atoms with Gasteiger partial charge in [0, 0.05) is 5.39 Å². The Morgan fingerprint density at radius 3 is 2.41 bits per heavy atom. The molecule has 2 rings (SSSR count). The monoisotopic (exact) mass is 376 g/mol. The number of carbonyl (C=O) groups is 2. The second kappa shape index (κ2) is 8.11. The van der Waals surface area contributed by atoms with Gasteiger partial charge in [0.05, 0.1) is 38.2 Å². The molecule has 0 saturated heterocycles. The summed E-state index contributed by atoms with van der Waals surface area (Å²) in [6.45, 7) is 4.98. The Morgan fingerprint density at radius 2 is 1.89 bits per heavy atom. The van der Waals surface area contributed by atoms with Crippen LogP contribution in [0.2, 0.25) is 0 Å². The van der Waals surface area contributed by atoms with Crippen LogP contribution in [0.5, 0.6) is 11.5 Å². The van der Waals surface area contributed by atoms with E-state index in [-0.39, 0.29) is 29.2 Å². The number of rotatable bonds is 7. The van der Waals surface area contributed by atoms with Gasteiger partial charge < -0.3 is 29.1 Å². The van der Waals surface area contributed by atoms with E-state index in [0.717, 1.165) is 0 Å². The number of aryl methyl sites for hydroxylation is 1. The predicted molar refractivity (Wildman–Crippen MR) is 95.8 cm³/mol. The summed E-state index contributed by atoms with van der Waals surface area (Å²) in [5.41, 5.74) is 0.217. The summed E-state index contributed by atoms with van der Waals surface area (Å²) in [6.07, 6.45) is -0.311. The Labute approximate surface area is 156 Å². The average Bonchev–Trinajstić information content (AvgIpc) is 2.61. The van der Waals surface area contributed by atoms with E-state index >= 15 is 0 Å². The molecule has 1 amide bonds. The van der Waals surface area contributed by atoms with Gasteiger partial charge in [-0.1, -0.05) is 13.8 Å². The molecule has 8 heteroatoms. The normalized spacial score (nSPS) is 12.1. The molecule has 0 fully saturated rings. The number of ether oxygens (including phenoxy) is 2. The lowest BCUT2D eigenvalue weighted by atomic mass is 10.0. The predicted octanol–water partition coefficient (Wildman–Crippen LogP) is 0.552. The topological polar surface area (TPSA) is 118 Å². The highest BCUT2D eigenvalue weighted by Crippen LogP contribution is 2.36. The molecule has 0 aliphatic rings. The zero-order valence-electron chi connectivity index (χ0n) is 15.9. The van der Waals surface area contributed by atoms with E-state index in [2.05, 4.69) is 5.32 Å². The highest BCUT2D eigenvalue weighted by molar-refractivity contribution is 5.90. The van der Waals surface area contributed by atoms with E-state index in [0.29, 0.717) is 16.7 Å². The minimum absolute atomic E-state index is 0.146. The number of fused-ring (bicyclic) bond motifs is 1. The Bertz CT molecular complexity index is 930. The van der Waals surface area contributed by atoms with Crippen molar-refractivity contribution in [2.45, 2.75) is 33.2 Å². The van der Waals surface area contributed by atoms with E-state index in [1.54, 1.807) is 32.9 Å². The minimum Gasteiger partial charge on any atom is -0.548 e. The van der Waals surface area contributed by atoms with E-state index in [1.165, 1.54) is 14.2 Å². The van der Waals surface area contributed by atoms with Crippen molar-refractivity contribution < 1.29 is 28.6 Å². The van der Waals surface area contributed by atoms with Crippen LogP contribution in [0.15, 0.2) is 21.3 Å². The molecule has 27 heavy (non-hydrogen) atoms. The molecule has 0 bridgehead atoms. The number of methoxy groups -OCH3 is 2. The van der Waals surface area contributed by atoms with Crippen molar-refractivity contribution in [2.24, 2.45) is 5.92 Å². The highest BCUT2D eigenvalue weighted by Gasteiger charge is 2.22. The molecule has 0 unspecified atom stereocenters. The maximum atomic E-state index is 12.4. The first-order valence-electron chi connectivity index (χ1n) is 8.38. The third kappa shape index (κ3) is 4.05. The van der Waals surface area contributed by atoms with Gasteiger partial charge in [0.15, 0.2) is 11.3 Å². The summed E-state index contributed by atoms with van der Waals surface area (Å²) in [4.78, 5) is 35.8. The molecule has 1 heterocycles. The summed E-state index contributed by atoms with van der Waals surface area (Å²) >= 11 is 0. The molecule has 8 nitrogen and oxygen atoms in total. The van der Waals surface area contributed by atoms with Crippen LogP contribution in [0.25, 0.3) is 11.0 Å². The van der Waals surface area contributed by atoms with Crippen LogP contribution < -0.4 is 25.5 Å². The quantitative estimate of drug-likeness (QED) is 0.701. The van der Waals surface area contributed by atoms with Crippen molar-refractivity contribution in [3.63, 3.8) is 0 Å². The van der Waals surface area contributed by atoms with Crippen molar-refractivity contribution in [1.29, 1.82) is 0 Å². The van der Waals surface area contributed by atoms with Gasteiger partial charge in [0.1, 0.15) is 0 Å². The fourth-order valence-corrected chi connectivity index (χ4v) is 2.85. The average molecular weight is 376 g/mol. The smallest absolute Gasteiger partial charge is 0.340 e. The molecule has 1 aromatic heterocycles. The fourth-order valence-electron chi connectivity index (χ4n) is 2.85. The molecule has 2 aromatic rings. The van der Waals surface area contributed by atoms with Crippen LogP contribution in [-0.4, -0.2) is 32.1 Å². The Kier molecular flexibility index (Phi) is 6.09. The number of nitrogens with one attached hydrogen (secondary N) is 1. The van der Waals surface area contributed by atoms with Crippen LogP contribution in [0, 0.1) is 12.8 Å². The first kappa shape index (κ1) is 20.3. The second-order valence-corrected chi connectivity index (χ2v) is 6.46. The van der Waals surface area contributed by atoms with Gasteiger partial charge >= 0.3 is 5.63 Å². The summed E-state index contributed by atoms with van der Waals surface area (Å²) in [6, 6.07) is 2.23. The molecular weight excluding hydrogens is 354 g/mol. The molecular formula is C19H22NO7-. The van der Waals surface area contributed by atoms with Gasteiger partial charge in [-0.25, -0.2) is 4.79 Å². The minimum atomic E-state index is -1.38. The van der Waals surface area contributed by atoms with Crippen molar-refractivity contribution in [2.75, 3.05) is 14.2 Å². The fraction of sp³-hybridized carbons (Fsp3) is 0.421. The first-order valence-corrected chi connectivity index (χ1v) is 8.38. The van der Waals surface area contributed by atoms with Gasteiger partial charge in [-0.3, -0.25) is 4.79 Å². The lowest BCUT2D eigenvalue weighted by Crippen LogP contribution is -2.51. The molecule has 1 aromatic carbocycles. The molecule has 0 aliphatic carbocycles. The van der Waals surface area contributed by atoms with Gasteiger partial charge in [-0.15, -0.1) is 0 Å². The maximum Gasteiger partial charge on any atom is 0.340 e. The largest absolute Gasteiger partial charge is 0.548 e. The lowest BCUT2D eigenvalue weighted by Gasteiger charge is -2.23. The number of carbonyl (C=O) groups excluding carboxylic acids is 2. The second-order valence-electron chi connectivity index (χ2n) is 6.46. The standard InChI is InChI=1S/C19H23NO7/c1-9(2)15(18(22)23)20-14(21)8-12-10(3)11-6-7-13(25-4)17(26-5)16(11)27-19(12)24/h6-7,9,15H,8H2,1-5H3,(H,20,21)(H,22,23)/p-1/t15-/m0/s1. The van der Waals surface area contributed by atoms with Gasteiger partial charge in [-0.2, -0.15) is 0 Å². The molecule has 0 spiro atoms. The Morgan fingerprint density at radius 1 is 1.22 bits per heavy atom. The lowest BCUT2D eigenvalue weighted by molar-refractivity contribution is -0.309. The van der Waals surface area contributed by atoms with Crippen LogP contribution in [0.1, 0.15) is 25.0 Å². The number of benzene rings is 1. The third-order valence-electron chi connectivity index (χ3n) is 4.37. The molecule has 1 atom stereocenters. The summed E-state index contributed by atoms with van der Waals surface area (Å²) in [5.74, 6) is -1.65. The number of amides is 1. The van der Waals surface area contributed by atoms with E-state index < -0.39 is 23.5 Å². The van der Waals surface area contributed by atoms with Crippen molar-refractivity contribution in [3.05, 3.63) is 33.7 Å². The van der Waals surface area contributed by atoms with E-state index in [4.69, 9.17) is 13.9 Å². The van der Waals surface area contributed by atoms with Crippen molar-refractivity contribution in [1.82, 2.24) is 5.32 Å². The molecule has 0 saturated carbocycles. The van der Waals surface area contributed by atoms with E-state index in [9.17, 15) is 19.5 Å². The zero-order valence-corrected chi connectivity index (χ0v) is 15.9. The maximum absolute atomic E-state index is 12.4. The SMILES string of the molecule is COc1ccc2c(C)c(CC(=O)N[C@H](C(=O)[O-])C(C)C)c(=O)oc2c1OC. The summed E-state index contributed by atoms with van der Waals surface area (Å²) in [5, 5.41) is 14.1. The van der Waals surface area contributed by atoms with Crippen LogP contribution in [-0.2, 0) is 16.0 Å². The highest BCUT2D eigenvalue weighted by atomic mass is 16.5. The van der Waals surface area contributed by atoms with Crippen molar-refractivity contribution >= 4 is 22.8 Å². The van der Waals surface area contributed by atoms with Crippen molar-refractivity contribution in [3.8, 4) is 11.5 Å². The van der Waals surface area contributed by atoms with Crippen LogP contribution in [0.4, 0.5) is 0 Å². The number of aliphatic carboxylic acids is 1. The third-order valence-corrected chi connectivity index (χ3v) is 4.37. The van der Waals surface area contributed by atoms with Gasteiger partial charge in [-0.05, 0) is 30.5 Å². The number of hydrogen-bond donors (Lipinski definition) is 1. The first-order chi connectivity index (χ1) is 12.7. The molecule has 1 N–H and O–H groups in total. The van der Waals surface area contributed by atoms with Gasteiger partial charge in [0.2, 0.25) is 11.7 Å². The van der Waals surface area contributed by atoms with Crippen LogP contribution in [0.3, 0.4) is 0 Å². The zero-order chi connectivity index (χ0) is 20.3. The molecule has 146 valence electrons. The Hall–Kier alpha value is -3.03. The summed E-state index contributed by atoms with van der Waals surface area (Å²) in [7, 11) is 2.90. The van der Waals surface area contributed by atoms with Crippen LogP contribution >= 0.6 is 0 Å². The Balaban J connectivity index is 2.44. The molecule has 0 radical (unpaired) electrons. The number of hydrogen-bond acceptors (Lipinski definition) is 7. The number of carboxylic acids is 1. The van der Waals surface area contributed by atoms with E-state index in [1.807, 2.05) is 0 Å². The summed E-state index contributed by atoms with van der Waals surface area (Å²) < 4.78 is 15.8. The van der Waals surface area contributed by atoms with Gasteiger partial charge in [0.25, 0.3) is 0 Å². The number of carboxylic acid groups (broad SMARTS) is 1.